The van der Waals surface area contributed by atoms with Gasteiger partial charge in [0.15, 0.2) is 0 Å². The van der Waals surface area contributed by atoms with Crippen LogP contribution in [0.4, 0.5) is 5.69 Å². The van der Waals surface area contributed by atoms with E-state index in [1.165, 1.54) is 0 Å². The van der Waals surface area contributed by atoms with Gasteiger partial charge in [-0.2, -0.15) is 0 Å². The molecule has 0 aliphatic rings. The first kappa shape index (κ1) is 21.3. The quantitative estimate of drug-likeness (QED) is 0.430. The number of anilines is 1. The van der Waals surface area contributed by atoms with Crippen molar-refractivity contribution in [3.63, 3.8) is 0 Å². The normalized spacial score (nSPS) is 10.7. The summed E-state index contributed by atoms with van der Waals surface area (Å²) in [5, 5.41) is 2.97. The van der Waals surface area contributed by atoms with Crippen LogP contribution in [0.2, 0.25) is 0 Å². The monoisotopic (exact) mass is 376 g/mol. The molecular weight excluding hydrogens is 352 g/mol. The summed E-state index contributed by atoms with van der Waals surface area (Å²) in [5.74, 6) is 0.922. The smallest absolute Gasteiger partial charge is 1.00 e. The molecule has 0 fully saturated rings. The molecule has 0 aromatic heterocycles. The SMILES string of the molecule is CN(C)CCCSc1ccccc1NC(=O)C=Cc1ccccc1.[Cl-].[H+]. The van der Waals surface area contributed by atoms with Crippen LogP contribution in [-0.2, 0) is 4.79 Å². The molecule has 5 heteroatoms. The van der Waals surface area contributed by atoms with E-state index in [-0.39, 0.29) is 19.7 Å². The van der Waals surface area contributed by atoms with Crippen LogP contribution in [0.15, 0.2) is 65.6 Å². The number of nitrogens with one attached hydrogen (secondary N) is 1. The third-order valence-corrected chi connectivity index (χ3v) is 4.54. The van der Waals surface area contributed by atoms with Gasteiger partial charge < -0.3 is 22.6 Å². The maximum Gasteiger partial charge on any atom is 1.00 e. The molecule has 0 heterocycles. The van der Waals surface area contributed by atoms with Crippen LogP contribution in [0.5, 0.6) is 0 Å². The second-order valence-corrected chi connectivity index (χ2v) is 6.87. The molecule has 1 amide bonds. The third-order valence-electron chi connectivity index (χ3n) is 3.38. The predicted octanol–water partition coefficient (Wildman–Crippen LogP) is 1.50. The summed E-state index contributed by atoms with van der Waals surface area (Å²) in [7, 11) is 4.16. The van der Waals surface area contributed by atoms with E-state index in [1.54, 1.807) is 17.8 Å². The number of amides is 1. The van der Waals surface area contributed by atoms with E-state index in [0.29, 0.717) is 0 Å². The van der Waals surface area contributed by atoms with Gasteiger partial charge in [0.1, 0.15) is 0 Å². The van der Waals surface area contributed by atoms with Crippen LogP contribution >= 0.6 is 11.8 Å². The molecule has 2 aromatic rings. The second kappa shape index (κ2) is 11.7. The molecule has 0 spiro atoms. The molecule has 2 rings (SSSR count). The molecular formula is C20H25ClN2OS. The van der Waals surface area contributed by atoms with Gasteiger partial charge in [-0.25, -0.2) is 0 Å². The third kappa shape index (κ3) is 8.25. The first-order chi connectivity index (χ1) is 11.6. The molecule has 25 heavy (non-hydrogen) atoms. The summed E-state index contributed by atoms with van der Waals surface area (Å²) in [6, 6.07) is 17.8. The highest BCUT2D eigenvalue weighted by molar-refractivity contribution is 7.99. The van der Waals surface area contributed by atoms with E-state index in [0.717, 1.165) is 34.9 Å². The number of thioether (sulfide) groups is 1. The Morgan fingerprint density at radius 2 is 1.80 bits per heavy atom. The lowest BCUT2D eigenvalue weighted by molar-refractivity contribution is -0.111. The van der Waals surface area contributed by atoms with Crippen LogP contribution < -0.4 is 17.7 Å². The van der Waals surface area contributed by atoms with Gasteiger partial charge in [0.25, 0.3) is 0 Å². The van der Waals surface area contributed by atoms with Gasteiger partial charge in [-0.05, 0) is 56.6 Å². The number of carbonyl (C=O) groups is 1. The minimum atomic E-state index is -0.111. The molecule has 0 atom stereocenters. The van der Waals surface area contributed by atoms with E-state index in [2.05, 4.69) is 30.4 Å². The van der Waals surface area contributed by atoms with Gasteiger partial charge in [-0.15, -0.1) is 11.8 Å². The highest BCUT2D eigenvalue weighted by Crippen LogP contribution is 2.27. The van der Waals surface area contributed by atoms with Crippen LogP contribution in [-0.4, -0.2) is 37.2 Å². The van der Waals surface area contributed by atoms with Crippen LogP contribution in [0.1, 0.15) is 13.4 Å². The summed E-state index contributed by atoms with van der Waals surface area (Å²) in [6.07, 6.45) is 4.51. The Hall–Kier alpha value is -1.75. The lowest BCUT2D eigenvalue weighted by Crippen LogP contribution is -3.00. The zero-order valence-corrected chi connectivity index (χ0v) is 16.2. The molecule has 0 radical (unpaired) electrons. The van der Waals surface area contributed by atoms with E-state index < -0.39 is 0 Å². The largest absolute Gasteiger partial charge is 1.00 e. The van der Waals surface area contributed by atoms with Crippen molar-refractivity contribution in [3.8, 4) is 0 Å². The Bertz CT molecular complexity index is 681. The maximum absolute atomic E-state index is 12.1. The fourth-order valence-electron chi connectivity index (χ4n) is 2.17. The van der Waals surface area contributed by atoms with Crippen molar-refractivity contribution in [3.05, 3.63) is 66.2 Å². The Labute approximate surface area is 162 Å². The predicted molar refractivity (Wildman–Crippen MR) is 106 cm³/mol. The number of halogens is 1. The molecule has 2 aromatic carbocycles. The Morgan fingerprint density at radius 3 is 2.52 bits per heavy atom. The second-order valence-electron chi connectivity index (χ2n) is 5.73. The Morgan fingerprint density at radius 1 is 1.12 bits per heavy atom. The minimum Gasteiger partial charge on any atom is -1.00 e. The Balaban J connectivity index is 0.00000312. The molecule has 0 saturated carbocycles. The van der Waals surface area contributed by atoms with Gasteiger partial charge in [0.2, 0.25) is 5.91 Å². The summed E-state index contributed by atoms with van der Waals surface area (Å²) < 4.78 is 0. The summed E-state index contributed by atoms with van der Waals surface area (Å²) >= 11 is 1.78. The first-order valence-electron chi connectivity index (χ1n) is 8.06. The molecule has 1 N–H and O–H groups in total. The Kier molecular flexibility index (Phi) is 10.0. The molecule has 3 nitrogen and oxygen atoms in total. The number of para-hydroxylation sites is 1. The molecule has 0 unspecified atom stereocenters. The topological polar surface area (TPSA) is 32.3 Å². The molecule has 134 valence electrons. The molecule has 0 aliphatic carbocycles. The van der Waals surface area contributed by atoms with E-state index >= 15 is 0 Å². The van der Waals surface area contributed by atoms with Crippen LogP contribution in [0.3, 0.4) is 0 Å². The number of hydrogen-bond acceptors (Lipinski definition) is 3. The van der Waals surface area contributed by atoms with Crippen molar-refractivity contribution >= 4 is 29.4 Å². The fourth-order valence-corrected chi connectivity index (χ4v) is 3.11. The van der Waals surface area contributed by atoms with Gasteiger partial charge >= 0.3 is 1.43 Å². The van der Waals surface area contributed by atoms with Gasteiger partial charge in [-0.3, -0.25) is 4.79 Å². The van der Waals surface area contributed by atoms with Crippen molar-refractivity contribution in [2.75, 3.05) is 31.7 Å². The lowest BCUT2D eigenvalue weighted by Gasteiger charge is -2.11. The van der Waals surface area contributed by atoms with Crippen molar-refractivity contribution in [1.82, 2.24) is 4.90 Å². The minimum absolute atomic E-state index is 0. The van der Waals surface area contributed by atoms with E-state index in [1.807, 2.05) is 54.6 Å². The zero-order chi connectivity index (χ0) is 17.2. The van der Waals surface area contributed by atoms with Crippen LogP contribution in [0, 0.1) is 0 Å². The summed E-state index contributed by atoms with van der Waals surface area (Å²) in [4.78, 5) is 15.4. The van der Waals surface area contributed by atoms with Gasteiger partial charge in [0.05, 0.1) is 5.69 Å². The summed E-state index contributed by atoms with van der Waals surface area (Å²) in [5.41, 5.74) is 1.88. The number of benzene rings is 2. The van der Waals surface area contributed by atoms with Crippen molar-refractivity contribution in [2.45, 2.75) is 11.3 Å². The molecule has 0 bridgehead atoms. The van der Waals surface area contributed by atoms with Gasteiger partial charge in [0, 0.05) is 11.0 Å². The highest BCUT2D eigenvalue weighted by Gasteiger charge is 2.05. The number of nitrogens with zero attached hydrogens (tertiary/aromatic N) is 1. The number of carbonyl (C=O) groups excluding carboxylic acids is 1. The maximum atomic E-state index is 12.1. The average Bonchev–Trinajstić information content (AvgIpc) is 2.59. The molecule has 0 aliphatic heterocycles. The van der Waals surface area contributed by atoms with Gasteiger partial charge in [-0.1, -0.05) is 42.5 Å². The standard InChI is InChI=1S/C20H24N2OS.ClH/c1-22(2)15-8-16-24-19-12-7-6-11-18(19)21-20(23)14-13-17-9-4-3-5-10-17;/h3-7,9-14H,8,15-16H2,1-2H3,(H,21,23);1H. The number of rotatable bonds is 8. The number of hydrogen-bond donors (Lipinski definition) is 1. The lowest BCUT2D eigenvalue weighted by atomic mass is 10.2. The van der Waals surface area contributed by atoms with Crippen molar-refractivity contribution < 1.29 is 18.6 Å². The average molecular weight is 377 g/mol. The fraction of sp³-hybridized carbons (Fsp3) is 0.250. The summed E-state index contributed by atoms with van der Waals surface area (Å²) in [6.45, 7) is 1.07. The highest BCUT2D eigenvalue weighted by atomic mass is 35.5. The van der Waals surface area contributed by atoms with Crippen molar-refractivity contribution in [1.29, 1.82) is 0 Å². The van der Waals surface area contributed by atoms with E-state index in [9.17, 15) is 4.79 Å². The molecule has 0 saturated heterocycles. The first-order valence-corrected chi connectivity index (χ1v) is 9.04. The zero-order valence-electron chi connectivity index (χ0n) is 15.6. The van der Waals surface area contributed by atoms with Crippen molar-refractivity contribution in [2.24, 2.45) is 0 Å². The van der Waals surface area contributed by atoms with Crippen LogP contribution in [0.25, 0.3) is 6.08 Å². The van der Waals surface area contributed by atoms with E-state index in [4.69, 9.17) is 0 Å².